The Kier molecular flexibility index (Phi) is 3.45. The summed E-state index contributed by atoms with van der Waals surface area (Å²) >= 11 is 0. The largest absolute Gasteiger partial charge is 0.490 e. The van der Waals surface area contributed by atoms with Gasteiger partial charge >= 0.3 is 0 Å². The molecule has 0 aliphatic heterocycles. The Hall–Kier alpha value is -1.51. The van der Waals surface area contributed by atoms with E-state index in [-0.39, 0.29) is 11.8 Å². The molecule has 3 heteroatoms. The topological polar surface area (TPSA) is 38.3 Å². The minimum atomic E-state index is 0.150. The van der Waals surface area contributed by atoms with Gasteiger partial charge in [0.25, 0.3) is 0 Å². The summed E-state index contributed by atoms with van der Waals surface area (Å²) in [6.07, 6.45) is 6.29. The summed E-state index contributed by atoms with van der Waals surface area (Å²) in [5, 5.41) is 2.96. The molecular formula is C16H21NO2. The highest BCUT2D eigenvalue weighted by Crippen LogP contribution is 2.38. The van der Waals surface area contributed by atoms with Crippen LogP contribution in [0.5, 0.6) is 5.75 Å². The van der Waals surface area contributed by atoms with Crippen molar-refractivity contribution in [2.45, 2.75) is 45.1 Å². The lowest BCUT2D eigenvalue weighted by Gasteiger charge is -2.13. The Morgan fingerprint density at radius 1 is 1.21 bits per heavy atom. The summed E-state index contributed by atoms with van der Waals surface area (Å²) < 4.78 is 5.90. The summed E-state index contributed by atoms with van der Waals surface area (Å²) in [5.41, 5.74) is 0.864. The zero-order chi connectivity index (χ0) is 13.2. The van der Waals surface area contributed by atoms with Gasteiger partial charge in [0, 0.05) is 11.6 Å². The van der Waals surface area contributed by atoms with Crippen molar-refractivity contribution in [1.82, 2.24) is 0 Å². The van der Waals surface area contributed by atoms with E-state index < -0.39 is 0 Å². The number of nitrogens with one attached hydrogen (secondary N) is 1. The molecule has 0 heterocycles. The quantitative estimate of drug-likeness (QED) is 0.897. The highest BCUT2D eigenvalue weighted by molar-refractivity contribution is 5.94. The van der Waals surface area contributed by atoms with Gasteiger partial charge in [0.2, 0.25) is 5.91 Å². The third-order valence-corrected chi connectivity index (χ3v) is 4.17. The van der Waals surface area contributed by atoms with Crippen molar-refractivity contribution in [1.29, 1.82) is 0 Å². The van der Waals surface area contributed by atoms with Crippen LogP contribution >= 0.6 is 0 Å². The van der Waals surface area contributed by atoms with Crippen LogP contribution in [0, 0.1) is 11.8 Å². The Balaban J connectivity index is 1.54. The number of amides is 1. The molecule has 19 heavy (non-hydrogen) atoms. The van der Waals surface area contributed by atoms with E-state index >= 15 is 0 Å². The van der Waals surface area contributed by atoms with E-state index in [0.717, 1.165) is 30.7 Å². The van der Waals surface area contributed by atoms with Gasteiger partial charge in [-0.1, -0.05) is 6.92 Å². The van der Waals surface area contributed by atoms with Crippen molar-refractivity contribution in [3.05, 3.63) is 24.3 Å². The number of carbonyl (C=O) groups excluding carboxylic acids is 1. The molecule has 0 unspecified atom stereocenters. The van der Waals surface area contributed by atoms with Crippen LogP contribution in [-0.2, 0) is 4.79 Å². The first-order valence-electron chi connectivity index (χ1n) is 7.30. The average Bonchev–Trinajstić information content (AvgIpc) is 2.92. The molecule has 0 spiro atoms. The number of rotatable bonds is 4. The lowest BCUT2D eigenvalue weighted by atomic mass is 10.2. The second kappa shape index (κ2) is 5.24. The van der Waals surface area contributed by atoms with Crippen LogP contribution in [0.3, 0.4) is 0 Å². The molecule has 0 aromatic heterocycles. The summed E-state index contributed by atoms with van der Waals surface area (Å²) in [6.45, 7) is 2.11. The predicted octanol–water partition coefficient (Wildman–Crippen LogP) is 3.60. The molecule has 3 rings (SSSR count). The van der Waals surface area contributed by atoms with Crippen LogP contribution < -0.4 is 10.1 Å². The van der Waals surface area contributed by atoms with Gasteiger partial charge in [0.05, 0.1) is 6.10 Å². The standard InChI is InChI=1S/C16H21NO2/c1-11-10-15(11)16(18)17-12-6-8-14(9-7-12)19-13-4-2-3-5-13/h6-9,11,13,15H,2-5,10H2,1H3,(H,17,18)/t11-,15-/m1/s1. The molecule has 102 valence electrons. The number of ether oxygens (including phenoxy) is 1. The predicted molar refractivity (Wildman–Crippen MR) is 75.2 cm³/mol. The third-order valence-electron chi connectivity index (χ3n) is 4.17. The molecule has 1 amide bonds. The molecule has 1 N–H and O–H groups in total. The molecule has 2 fully saturated rings. The summed E-state index contributed by atoms with van der Waals surface area (Å²) in [7, 11) is 0. The van der Waals surface area contributed by atoms with Crippen LogP contribution in [0.4, 0.5) is 5.69 Å². The summed E-state index contributed by atoms with van der Waals surface area (Å²) in [6, 6.07) is 7.75. The summed E-state index contributed by atoms with van der Waals surface area (Å²) in [4.78, 5) is 11.8. The van der Waals surface area contributed by atoms with E-state index in [9.17, 15) is 4.79 Å². The Labute approximate surface area is 114 Å². The van der Waals surface area contributed by atoms with Crippen molar-refractivity contribution < 1.29 is 9.53 Å². The van der Waals surface area contributed by atoms with Gasteiger partial charge in [-0.2, -0.15) is 0 Å². The molecule has 1 aromatic rings. The van der Waals surface area contributed by atoms with E-state index in [1.165, 1.54) is 12.8 Å². The fraction of sp³-hybridized carbons (Fsp3) is 0.562. The van der Waals surface area contributed by atoms with Gasteiger partial charge in [-0.15, -0.1) is 0 Å². The number of hydrogen-bond acceptors (Lipinski definition) is 2. The van der Waals surface area contributed by atoms with Crippen molar-refractivity contribution in [2.24, 2.45) is 11.8 Å². The van der Waals surface area contributed by atoms with Crippen LogP contribution in [0.25, 0.3) is 0 Å². The average molecular weight is 259 g/mol. The maximum absolute atomic E-state index is 11.8. The number of anilines is 1. The second-order valence-corrected chi connectivity index (χ2v) is 5.86. The molecule has 2 saturated carbocycles. The van der Waals surface area contributed by atoms with Gasteiger partial charge in [-0.3, -0.25) is 4.79 Å². The van der Waals surface area contributed by atoms with Crippen molar-refractivity contribution in [3.8, 4) is 5.75 Å². The second-order valence-electron chi connectivity index (χ2n) is 5.86. The third kappa shape index (κ3) is 3.09. The first kappa shape index (κ1) is 12.5. The molecule has 0 saturated heterocycles. The number of hydrogen-bond donors (Lipinski definition) is 1. The minimum Gasteiger partial charge on any atom is -0.490 e. The van der Waals surface area contributed by atoms with E-state index in [1.807, 2.05) is 24.3 Å². The maximum atomic E-state index is 11.8. The van der Waals surface area contributed by atoms with Gasteiger partial charge in [0.1, 0.15) is 5.75 Å². The molecule has 0 bridgehead atoms. The molecule has 1 aromatic carbocycles. The Morgan fingerprint density at radius 2 is 1.84 bits per heavy atom. The highest BCUT2D eigenvalue weighted by Gasteiger charge is 2.39. The first-order chi connectivity index (χ1) is 9.22. The molecule has 2 aliphatic carbocycles. The monoisotopic (exact) mass is 259 g/mol. The SMILES string of the molecule is C[C@@H]1C[C@H]1C(=O)Nc1ccc(OC2CCCC2)cc1. The van der Waals surface area contributed by atoms with Gasteiger partial charge in [0.15, 0.2) is 0 Å². The fourth-order valence-corrected chi connectivity index (χ4v) is 2.74. The highest BCUT2D eigenvalue weighted by atomic mass is 16.5. The van der Waals surface area contributed by atoms with Gasteiger partial charge in [-0.05, 0) is 62.3 Å². The molecule has 2 aliphatic rings. The first-order valence-corrected chi connectivity index (χ1v) is 7.30. The molecular weight excluding hydrogens is 238 g/mol. The van der Waals surface area contributed by atoms with Crippen LogP contribution in [0.15, 0.2) is 24.3 Å². The van der Waals surface area contributed by atoms with E-state index in [4.69, 9.17) is 4.74 Å². The van der Waals surface area contributed by atoms with Gasteiger partial charge in [-0.25, -0.2) is 0 Å². The zero-order valence-corrected chi connectivity index (χ0v) is 11.4. The number of benzene rings is 1. The van der Waals surface area contributed by atoms with Crippen molar-refractivity contribution >= 4 is 11.6 Å². The van der Waals surface area contributed by atoms with Crippen LogP contribution in [0.2, 0.25) is 0 Å². The Bertz CT molecular complexity index is 448. The molecule has 0 radical (unpaired) electrons. The number of carbonyl (C=O) groups is 1. The molecule has 2 atom stereocenters. The van der Waals surface area contributed by atoms with E-state index in [1.54, 1.807) is 0 Å². The van der Waals surface area contributed by atoms with Crippen molar-refractivity contribution in [3.63, 3.8) is 0 Å². The lowest BCUT2D eigenvalue weighted by molar-refractivity contribution is -0.117. The fourth-order valence-electron chi connectivity index (χ4n) is 2.74. The zero-order valence-electron chi connectivity index (χ0n) is 11.4. The van der Waals surface area contributed by atoms with Crippen LogP contribution in [0.1, 0.15) is 39.0 Å². The Morgan fingerprint density at radius 3 is 2.42 bits per heavy atom. The van der Waals surface area contributed by atoms with E-state index in [0.29, 0.717) is 12.0 Å². The van der Waals surface area contributed by atoms with Crippen molar-refractivity contribution in [2.75, 3.05) is 5.32 Å². The molecule has 3 nitrogen and oxygen atoms in total. The minimum absolute atomic E-state index is 0.150. The van der Waals surface area contributed by atoms with E-state index in [2.05, 4.69) is 12.2 Å². The smallest absolute Gasteiger partial charge is 0.227 e. The van der Waals surface area contributed by atoms with Gasteiger partial charge < -0.3 is 10.1 Å². The maximum Gasteiger partial charge on any atom is 0.227 e. The summed E-state index contributed by atoms with van der Waals surface area (Å²) in [5.74, 6) is 1.82. The normalized spacial score (nSPS) is 26.2. The van der Waals surface area contributed by atoms with Crippen LogP contribution in [-0.4, -0.2) is 12.0 Å². The lowest BCUT2D eigenvalue weighted by Crippen LogP contribution is -2.14.